The number of aryl methyl sites for hydroxylation is 1. The average molecular weight is 401 g/mol. The summed E-state index contributed by atoms with van der Waals surface area (Å²) in [5.74, 6) is -1.51. The van der Waals surface area contributed by atoms with Crippen LogP contribution in [0.3, 0.4) is 0 Å². The van der Waals surface area contributed by atoms with Crippen LogP contribution in [0.15, 0.2) is 42.5 Å². The van der Waals surface area contributed by atoms with Crippen molar-refractivity contribution < 1.29 is 28.4 Å². The smallest absolute Gasteiger partial charge is 0.338 e. The van der Waals surface area contributed by atoms with Gasteiger partial charge < -0.3 is 19.7 Å². The molecule has 6 nitrogen and oxygen atoms in total. The first-order valence-corrected chi connectivity index (χ1v) is 9.70. The van der Waals surface area contributed by atoms with Crippen molar-refractivity contribution in [3.05, 3.63) is 65.0 Å². The number of rotatable bonds is 6. The van der Waals surface area contributed by atoms with Crippen LogP contribution in [0, 0.1) is 12.7 Å². The van der Waals surface area contributed by atoms with E-state index in [2.05, 4.69) is 5.32 Å². The molecule has 0 bridgehead atoms. The van der Waals surface area contributed by atoms with Gasteiger partial charge in [0.2, 0.25) is 0 Å². The Morgan fingerprint density at radius 3 is 2.52 bits per heavy atom. The molecule has 0 aromatic heterocycles. The number of nitrogens with one attached hydrogen (secondary N) is 2. The first kappa shape index (κ1) is 21.0. The molecule has 1 aliphatic heterocycles. The van der Waals surface area contributed by atoms with E-state index in [1.807, 2.05) is 12.1 Å². The van der Waals surface area contributed by atoms with Crippen molar-refractivity contribution in [2.45, 2.75) is 26.5 Å². The average Bonchev–Trinajstić information content (AvgIpc) is 2.72. The number of halogens is 1. The second-order valence-electron chi connectivity index (χ2n) is 7.24. The van der Waals surface area contributed by atoms with Gasteiger partial charge in [0.1, 0.15) is 25.5 Å². The number of morpholine rings is 1. The van der Waals surface area contributed by atoms with Gasteiger partial charge in [-0.15, -0.1) is 0 Å². The molecule has 1 fully saturated rings. The molecular formula is C22H26FN2O4+. The minimum Gasteiger partial charge on any atom is -0.449 e. The van der Waals surface area contributed by atoms with Gasteiger partial charge >= 0.3 is 5.97 Å². The molecule has 0 radical (unpaired) electrons. The Morgan fingerprint density at radius 1 is 1.17 bits per heavy atom. The van der Waals surface area contributed by atoms with Gasteiger partial charge in [0, 0.05) is 11.3 Å². The zero-order valence-corrected chi connectivity index (χ0v) is 16.7. The molecule has 2 aromatic rings. The molecule has 1 heterocycles. The number of carbonyl (C=O) groups excluding carboxylic acids is 2. The van der Waals surface area contributed by atoms with Crippen molar-refractivity contribution in [3.8, 4) is 0 Å². The standard InChI is InChI=1S/C22H25FN2O4/c1-15-3-8-19(13-20(15)23)24-21(26)16(2)29-22(27)18-6-4-17(5-7-18)14-25-9-11-28-12-10-25/h3-8,13,16H,9-12,14H2,1-2H3,(H,24,26)/p+1/t16-/m1/s1. The Morgan fingerprint density at radius 2 is 1.86 bits per heavy atom. The van der Waals surface area contributed by atoms with E-state index in [4.69, 9.17) is 9.47 Å². The number of hydrogen-bond donors (Lipinski definition) is 2. The summed E-state index contributed by atoms with van der Waals surface area (Å²) < 4.78 is 24.2. The number of amides is 1. The Labute approximate surface area is 169 Å². The van der Waals surface area contributed by atoms with Crippen LogP contribution in [-0.4, -0.2) is 44.3 Å². The molecule has 1 aliphatic rings. The van der Waals surface area contributed by atoms with Crippen LogP contribution in [0.2, 0.25) is 0 Å². The highest BCUT2D eigenvalue weighted by Crippen LogP contribution is 2.14. The lowest BCUT2D eigenvalue weighted by atomic mass is 10.1. The zero-order chi connectivity index (χ0) is 20.8. The SMILES string of the molecule is Cc1ccc(NC(=O)[C@@H](C)OC(=O)c2ccc(C[NH+]3CCOCC3)cc2)cc1F. The highest BCUT2D eigenvalue weighted by Gasteiger charge is 2.20. The predicted molar refractivity (Wildman–Crippen MR) is 106 cm³/mol. The summed E-state index contributed by atoms with van der Waals surface area (Å²) >= 11 is 0. The number of anilines is 1. The van der Waals surface area contributed by atoms with Gasteiger partial charge in [-0.05, 0) is 43.7 Å². The lowest BCUT2D eigenvalue weighted by Gasteiger charge is -2.23. The minimum atomic E-state index is -1.01. The second-order valence-corrected chi connectivity index (χ2v) is 7.24. The lowest BCUT2D eigenvalue weighted by molar-refractivity contribution is -0.921. The Kier molecular flexibility index (Phi) is 6.95. The molecule has 2 aromatic carbocycles. The highest BCUT2D eigenvalue weighted by atomic mass is 19.1. The molecule has 1 saturated heterocycles. The molecule has 3 rings (SSSR count). The molecule has 7 heteroatoms. The predicted octanol–water partition coefficient (Wildman–Crippen LogP) is 1.73. The monoisotopic (exact) mass is 401 g/mol. The summed E-state index contributed by atoms with van der Waals surface area (Å²) in [7, 11) is 0. The van der Waals surface area contributed by atoms with Crippen LogP contribution in [0.5, 0.6) is 0 Å². The third-order valence-electron chi connectivity index (χ3n) is 4.94. The van der Waals surface area contributed by atoms with E-state index < -0.39 is 23.8 Å². The summed E-state index contributed by atoms with van der Waals surface area (Å²) in [6, 6.07) is 11.6. The Hall–Kier alpha value is -2.77. The molecule has 2 N–H and O–H groups in total. The normalized spacial score (nSPS) is 15.6. The maximum Gasteiger partial charge on any atom is 0.338 e. The third kappa shape index (κ3) is 5.85. The fourth-order valence-electron chi connectivity index (χ4n) is 3.08. The number of carbonyl (C=O) groups is 2. The van der Waals surface area contributed by atoms with Crippen LogP contribution in [-0.2, 0) is 20.8 Å². The summed E-state index contributed by atoms with van der Waals surface area (Å²) in [5.41, 5.74) is 2.31. The quantitative estimate of drug-likeness (QED) is 0.724. The third-order valence-corrected chi connectivity index (χ3v) is 4.94. The lowest BCUT2D eigenvalue weighted by Crippen LogP contribution is -3.12. The molecule has 1 amide bonds. The van der Waals surface area contributed by atoms with Gasteiger partial charge in [0.25, 0.3) is 5.91 Å². The minimum absolute atomic E-state index is 0.316. The summed E-state index contributed by atoms with van der Waals surface area (Å²) in [5, 5.41) is 2.55. The number of quaternary nitrogens is 1. The Bertz CT molecular complexity index is 864. The van der Waals surface area contributed by atoms with Crippen molar-refractivity contribution in [2.24, 2.45) is 0 Å². The van der Waals surface area contributed by atoms with Crippen LogP contribution in [0.25, 0.3) is 0 Å². The van der Waals surface area contributed by atoms with Crippen molar-refractivity contribution in [1.29, 1.82) is 0 Å². The topological polar surface area (TPSA) is 69.1 Å². The first-order chi connectivity index (χ1) is 13.9. The highest BCUT2D eigenvalue weighted by molar-refractivity contribution is 5.97. The number of hydrogen-bond acceptors (Lipinski definition) is 4. The molecular weight excluding hydrogens is 375 g/mol. The van der Waals surface area contributed by atoms with E-state index in [9.17, 15) is 14.0 Å². The largest absolute Gasteiger partial charge is 0.449 e. The van der Waals surface area contributed by atoms with Crippen LogP contribution >= 0.6 is 0 Å². The van der Waals surface area contributed by atoms with Gasteiger partial charge in [-0.2, -0.15) is 0 Å². The fraction of sp³-hybridized carbons (Fsp3) is 0.364. The van der Waals surface area contributed by atoms with Crippen LogP contribution in [0.4, 0.5) is 10.1 Å². The van der Waals surface area contributed by atoms with Crippen molar-refractivity contribution in [1.82, 2.24) is 0 Å². The molecule has 1 atom stereocenters. The van der Waals surface area contributed by atoms with E-state index in [0.29, 0.717) is 16.8 Å². The molecule has 0 unspecified atom stereocenters. The Balaban J connectivity index is 1.52. The number of esters is 1. The number of ether oxygens (including phenoxy) is 2. The second kappa shape index (κ2) is 9.62. The van der Waals surface area contributed by atoms with Gasteiger partial charge in [0.05, 0.1) is 18.8 Å². The van der Waals surface area contributed by atoms with E-state index >= 15 is 0 Å². The molecule has 154 valence electrons. The molecule has 0 saturated carbocycles. The van der Waals surface area contributed by atoms with E-state index in [1.54, 1.807) is 31.2 Å². The summed E-state index contributed by atoms with van der Waals surface area (Å²) in [6.45, 7) is 7.49. The maximum atomic E-state index is 13.6. The first-order valence-electron chi connectivity index (χ1n) is 9.70. The number of benzene rings is 2. The van der Waals surface area contributed by atoms with Gasteiger partial charge in [-0.3, -0.25) is 4.79 Å². The van der Waals surface area contributed by atoms with E-state index in [-0.39, 0.29) is 0 Å². The molecule has 0 aliphatic carbocycles. The zero-order valence-electron chi connectivity index (χ0n) is 16.7. The van der Waals surface area contributed by atoms with E-state index in [1.165, 1.54) is 17.9 Å². The maximum absolute atomic E-state index is 13.6. The molecule has 0 spiro atoms. The molecule has 29 heavy (non-hydrogen) atoms. The summed E-state index contributed by atoms with van der Waals surface area (Å²) in [6.07, 6.45) is -1.01. The van der Waals surface area contributed by atoms with Crippen LogP contribution < -0.4 is 10.2 Å². The fourth-order valence-corrected chi connectivity index (χ4v) is 3.08. The van der Waals surface area contributed by atoms with E-state index in [0.717, 1.165) is 38.4 Å². The summed E-state index contributed by atoms with van der Waals surface area (Å²) in [4.78, 5) is 26.0. The van der Waals surface area contributed by atoms with Crippen molar-refractivity contribution in [2.75, 3.05) is 31.6 Å². The van der Waals surface area contributed by atoms with Crippen molar-refractivity contribution in [3.63, 3.8) is 0 Å². The van der Waals surface area contributed by atoms with Gasteiger partial charge in [-0.1, -0.05) is 18.2 Å². The van der Waals surface area contributed by atoms with Crippen molar-refractivity contribution >= 4 is 17.6 Å². The van der Waals surface area contributed by atoms with Gasteiger partial charge in [0.15, 0.2) is 6.10 Å². The van der Waals surface area contributed by atoms with Crippen LogP contribution in [0.1, 0.15) is 28.4 Å². The van der Waals surface area contributed by atoms with Gasteiger partial charge in [-0.25, -0.2) is 9.18 Å².